The molecule has 0 radical (unpaired) electrons. The van der Waals surface area contributed by atoms with Gasteiger partial charge in [0.05, 0.1) is 0 Å². The minimum absolute atomic E-state index is 0.535. The molecule has 8 aromatic carbocycles. The molecule has 55 heavy (non-hydrogen) atoms. The van der Waals surface area contributed by atoms with E-state index in [1.54, 1.807) is 0 Å². The fourth-order valence-electron chi connectivity index (χ4n) is 8.20. The summed E-state index contributed by atoms with van der Waals surface area (Å²) in [5.74, 6) is 1.66. The molecule has 0 aliphatic heterocycles. The standard InChI is InChI=1S/C49H27N3O3/c1-2-12-29-25-30(24-23-28(29)11-1)47-50-48(37-18-10-22-42-44(37)35-14-4-7-20-40(35)53-42)52-49(51-47)38-26-31(27-43-45(38)36-15-5-8-21-41(36)54-43)32-16-9-17-34-33-13-3-6-19-39(33)55-46(32)34/h1-27H. The lowest BCUT2D eigenvalue weighted by atomic mass is 9.96. The molecule has 0 unspecified atom stereocenters. The summed E-state index contributed by atoms with van der Waals surface area (Å²) in [5, 5.41) is 8.27. The van der Waals surface area contributed by atoms with Crippen molar-refractivity contribution in [2.45, 2.75) is 0 Å². The van der Waals surface area contributed by atoms with Crippen LogP contribution in [0, 0.1) is 0 Å². The lowest BCUT2D eigenvalue weighted by Crippen LogP contribution is -2.01. The molecular formula is C49H27N3O3. The Bertz CT molecular complexity index is 3520. The minimum atomic E-state index is 0.535. The number of aromatic nitrogens is 3. The number of benzene rings is 8. The molecule has 0 saturated heterocycles. The van der Waals surface area contributed by atoms with Crippen LogP contribution in [0.4, 0.5) is 0 Å². The van der Waals surface area contributed by atoms with Gasteiger partial charge < -0.3 is 13.3 Å². The first-order chi connectivity index (χ1) is 27.2. The first-order valence-corrected chi connectivity index (χ1v) is 18.3. The highest BCUT2D eigenvalue weighted by molar-refractivity contribution is 6.16. The molecule has 0 atom stereocenters. The highest BCUT2D eigenvalue weighted by Gasteiger charge is 2.23. The Morgan fingerprint density at radius 1 is 0.309 bits per heavy atom. The van der Waals surface area contributed by atoms with Crippen molar-refractivity contribution in [3.8, 4) is 45.3 Å². The quantitative estimate of drug-likeness (QED) is 0.181. The van der Waals surface area contributed by atoms with Crippen LogP contribution in [0.25, 0.3) is 122 Å². The van der Waals surface area contributed by atoms with E-state index in [0.29, 0.717) is 17.5 Å². The van der Waals surface area contributed by atoms with Gasteiger partial charge in [0.1, 0.15) is 33.5 Å². The fraction of sp³-hybridized carbons (Fsp3) is 0. The van der Waals surface area contributed by atoms with E-state index >= 15 is 0 Å². The summed E-state index contributed by atoms with van der Waals surface area (Å²) in [6, 6.07) is 55.7. The third kappa shape index (κ3) is 4.58. The molecular weight excluding hydrogens is 679 g/mol. The zero-order valence-corrected chi connectivity index (χ0v) is 29.2. The first kappa shape index (κ1) is 29.9. The zero-order chi connectivity index (χ0) is 36.0. The van der Waals surface area contributed by atoms with Crippen molar-refractivity contribution in [2.24, 2.45) is 0 Å². The maximum Gasteiger partial charge on any atom is 0.164 e. The molecule has 4 heterocycles. The highest BCUT2D eigenvalue weighted by Crippen LogP contribution is 2.43. The van der Waals surface area contributed by atoms with Crippen LogP contribution in [0.3, 0.4) is 0 Å². The summed E-state index contributed by atoms with van der Waals surface area (Å²) in [6.45, 7) is 0. The van der Waals surface area contributed by atoms with Crippen LogP contribution < -0.4 is 0 Å². The van der Waals surface area contributed by atoms with Crippen LogP contribution in [-0.2, 0) is 0 Å². The second-order valence-corrected chi connectivity index (χ2v) is 13.9. The van der Waals surface area contributed by atoms with E-state index in [4.69, 9.17) is 28.2 Å². The zero-order valence-electron chi connectivity index (χ0n) is 29.2. The third-order valence-corrected chi connectivity index (χ3v) is 10.7. The second kappa shape index (κ2) is 11.5. The summed E-state index contributed by atoms with van der Waals surface area (Å²) < 4.78 is 19.5. The molecule has 0 spiro atoms. The second-order valence-electron chi connectivity index (χ2n) is 13.9. The van der Waals surface area contributed by atoms with Crippen LogP contribution in [-0.4, -0.2) is 15.0 Å². The Balaban J connectivity index is 1.18. The van der Waals surface area contributed by atoms with Crippen LogP contribution in [0.2, 0.25) is 0 Å². The number of furan rings is 3. The van der Waals surface area contributed by atoms with Gasteiger partial charge in [-0.15, -0.1) is 0 Å². The van der Waals surface area contributed by atoms with E-state index in [9.17, 15) is 0 Å². The SMILES string of the molecule is c1ccc2cc(-c3nc(-c4cccc5oc6ccccc6c45)nc(-c4cc(-c5cccc6c5oc5ccccc56)cc5oc6ccccc6c45)n3)ccc2c1. The molecule has 0 saturated carbocycles. The van der Waals surface area contributed by atoms with E-state index in [2.05, 4.69) is 97.1 Å². The molecule has 0 N–H and O–H groups in total. The molecule has 256 valence electrons. The number of hydrogen-bond acceptors (Lipinski definition) is 6. The lowest BCUT2D eigenvalue weighted by molar-refractivity contribution is 0.668. The van der Waals surface area contributed by atoms with Crippen molar-refractivity contribution < 1.29 is 13.3 Å². The largest absolute Gasteiger partial charge is 0.456 e. The van der Waals surface area contributed by atoms with Crippen molar-refractivity contribution in [3.05, 3.63) is 164 Å². The Kier molecular flexibility index (Phi) is 6.24. The summed E-state index contributed by atoms with van der Waals surface area (Å²) in [7, 11) is 0. The normalized spacial score (nSPS) is 12.0. The Morgan fingerprint density at radius 3 is 1.67 bits per heavy atom. The van der Waals surface area contributed by atoms with Gasteiger partial charge in [0.15, 0.2) is 17.5 Å². The number of fused-ring (bicyclic) bond motifs is 10. The van der Waals surface area contributed by atoms with E-state index in [-0.39, 0.29) is 0 Å². The van der Waals surface area contributed by atoms with Crippen LogP contribution >= 0.6 is 0 Å². The molecule has 12 aromatic rings. The number of para-hydroxylation sites is 4. The Labute approximate surface area is 312 Å². The van der Waals surface area contributed by atoms with Crippen molar-refractivity contribution in [1.82, 2.24) is 15.0 Å². The van der Waals surface area contributed by atoms with Gasteiger partial charge in [0.25, 0.3) is 0 Å². The lowest BCUT2D eigenvalue weighted by Gasteiger charge is -2.12. The van der Waals surface area contributed by atoms with Gasteiger partial charge in [0.2, 0.25) is 0 Å². The molecule has 0 aliphatic carbocycles. The highest BCUT2D eigenvalue weighted by atomic mass is 16.3. The van der Waals surface area contributed by atoms with Gasteiger partial charge in [-0.2, -0.15) is 0 Å². The smallest absolute Gasteiger partial charge is 0.164 e. The van der Waals surface area contributed by atoms with Crippen molar-refractivity contribution in [2.75, 3.05) is 0 Å². The topological polar surface area (TPSA) is 78.1 Å². The molecule has 6 nitrogen and oxygen atoms in total. The summed E-state index contributed by atoms with van der Waals surface area (Å²) in [6.07, 6.45) is 0. The van der Waals surface area contributed by atoms with Crippen LogP contribution in [0.15, 0.2) is 177 Å². The first-order valence-electron chi connectivity index (χ1n) is 18.3. The average Bonchev–Trinajstić information content (AvgIpc) is 3.94. The van der Waals surface area contributed by atoms with E-state index < -0.39 is 0 Å². The van der Waals surface area contributed by atoms with Crippen LogP contribution in [0.1, 0.15) is 0 Å². The monoisotopic (exact) mass is 705 g/mol. The molecule has 0 bridgehead atoms. The van der Waals surface area contributed by atoms with Gasteiger partial charge in [-0.1, -0.05) is 121 Å². The predicted octanol–water partition coefficient (Wildman–Crippen LogP) is 13.4. The van der Waals surface area contributed by atoms with Gasteiger partial charge >= 0.3 is 0 Å². The molecule has 6 heteroatoms. The Hall–Kier alpha value is -7.57. The Morgan fingerprint density at radius 2 is 0.873 bits per heavy atom. The summed E-state index contributed by atoms with van der Waals surface area (Å²) in [5.41, 5.74) is 9.25. The maximum atomic E-state index is 6.61. The van der Waals surface area contributed by atoms with Gasteiger partial charge in [-0.3, -0.25) is 0 Å². The van der Waals surface area contributed by atoms with Crippen molar-refractivity contribution in [1.29, 1.82) is 0 Å². The molecule has 0 amide bonds. The molecule has 4 aromatic heterocycles. The van der Waals surface area contributed by atoms with Crippen molar-refractivity contribution >= 4 is 76.6 Å². The number of hydrogen-bond donors (Lipinski definition) is 0. The number of nitrogens with zero attached hydrogens (tertiary/aromatic N) is 3. The molecule has 0 aliphatic rings. The molecule has 12 rings (SSSR count). The van der Waals surface area contributed by atoms with E-state index in [1.807, 2.05) is 66.7 Å². The van der Waals surface area contributed by atoms with Gasteiger partial charge in [0, 0.05) is 54.6 Å². The van der Waals surface area contributed by atoms with Gasteiger partial charge in [-0.05, 0) is 58.8 Å². The van der Waals surface area contributed by atoms with Crippen molar-refractivity contribution in [3.63, 3.8) is 0 Å². The summed E-state index contributed by atoms with van der Waals surface area (Å²) in [4.78, 5) is 15.8. The molecule has 0 fully saturated rings. The van der Waals surface area contributed by atoms with E-state index in [1.165, 1.54) is 0 Å². The fourth-order valence-corrected chi connectivity index (χ4v) is 8.20. The van der Waals surface area contributed by atoms with Gasteiger partial charge in [-0.25, -0.2) is 15.0 Å². The van der Waals surface area contributed by atoms with E-state index in [0.717, 1.165) is 104 Å². The summed E-state index contributed by atoms with van der Waals surface area (Å²) >= 11 is 0. The third-order valence-electron chi connectivity index (χ3n) is 10.7. The van der Waals surface area contributed by atoms with Crippen LogP contribution in [0.5, 0.6) is 0 Å². The number of rotatable bonds is 4. The minimum Gasteiger partial charge on any atom is -0.456 e. The maximum absolute atomic E-state index is 6.61. The predicted molar refractivity (Wildman–Crippen MR) is 221 cm³/mol. The average molecular weight is 706 g/mol.